The lowest BCUT2D eigenvalue weighted by molar-refractivity contribution is 0.502. The second-order valence-electron chi connectivity index (χ2n) is 4.39. The summed E-state index contributed by atoms with van der Waals surface area (Å²) in [5, 5.41) is 0. The van der Waals surface area contributed by atoms with Crippen LogP contribution in [0.25, 0.3) is 5.65 Å². The highest BCUT2D eigenvalue weighted by Crippen LogP contribution is 2.20. The first-order chi connectivity index (χ1) is 7.84. The Kier molecular flexibility index (Phi) is 2.29. The van der Waals surface area contributed by atoms with Crippen molar-refractivity contribution in [2.45, 2.75) is 18.9 Å². The third-order valence-corrected chi connectivity index (χ3v) is 3.19. The standard InChI is InChI=1S/C12H16N4/c13-10-3-2-7-15(9-10)12-5-1-4-11-14-6-8-16(11)12/h1,4-6,8,10H,2-3,7,9,13H2/t10-/m1/s1. The minimum atomic E-state index is 0.299. The third kappa shape index (κ3) is 1.55. The summed E-state index contributed by atoms with van der Waals surface area (Å²) < 4.78 is 2.12. The molecule has 0 bridgehead atoms. The summed E-state index contributed by atoms with van der Waals surface area (Å²) in [4.78, 5) is 6.65. The number of hydrogen-bond acceptors (Lipinski definition) is 3. The van der Waals surface area contributed by atoms with Crippen LogP contribution in [0, 0.1) is 0 Å². The molecule has 0 radical (unpaired) electrons. The van der Waals surface area contributed by atoms with Crippen LogP contribution in [-0.2, 0) is 0 Å². The highest BCUT2D eigenvalue weighted by molar-refractivity contribution is 5.51. The van der Waals surface area contributed by atoms with Crippen LogP contribution in [-0.4, -0.2) is 28.5 Å². The second-order valence-corrected chi connectivity index (χ2v) is 4.39. The van der Waals surface area contributed by atoms with Crippen LogP contribution in [0.4, 0.5) is 5.82 Å². The topological polar surface area (TPSA) is 46.6 Å². The molecule has 1 saturated heterocycles. The molecule has 0 saturated carbocycles. The molecule has 1 aliphatic heterocycles. The maximum atomic E-state index is 6.02. The second kappa shape index (κ2) is 3.79. The van der Waals surface area contributed by atoms with Crippen LogP contribution in [0.3, 0.4) is 0 Å². The van der Waals surface area contributed by atoms with Crippen molar-refractivity contribution < 1.29 is 0 Å². The number of rotatable bonds is 1. The van der Waals surface area contributed by atoms with E-state index in [-0.39, 0.29) is 0 Å². The molecular formula is C12H16N4. The molecule has 1 aliphatic rings. The van der Waals surface area contributed by atoms with Gasteiger partial charge in [-0.15, -0.1) is 0 Å². The number of piperidine rings is 1. The van der Waals surface area contributed by atoms with Crippen molar-refractivity contribution in [2.24, 2.45) is 5.73 Å². The number of anilines is 1. The first-order valence-corrected chi connectivity index (χ1v) is 5.77. The van der Waals surface area contributed by atoms with E-state index in [1.165, 1.54) is 12.2 Å². The maximum Gasteiger partial charge on any atom is 0.138 e. The van der Waals surface area contributed by atoms with Crippen molar-refractivity contribution in [3.63, 3.8) is 0 Å². The van der Waals surface area contributed by atoms with Crippen molar-refractivity contribution >= 4 is 11.5 Å². The molecule has 84 valence electrons. The minimum Gasteiger partial charge on any atom is -0.356 e. The normalized spacial score (nSPS) is 21.6. The van der Waals surface area contributed by atoms with Crippen LogP contribution in [0.5, 0.6) is 0 Å². The Morgan fingerprint density at radius 3 is 3.19 bits per heavy atom. The van der Waals surface area contributed by atoms with Gasteiger partial charge >= 0.3 is 0 Å². The predicted octanol–water partition coefficient (Wildman–Crippen LogP) is 1.26. The predicted molar refractivity (Wildman–Crippen MR) is 64.6 cm³/mol. The zero-order valence-corrected chi connectivity index (χ0v) is 9.21. The molecule has 2 N–H and O–H groups in total. The number of nitrogens with zero attached hydrogens (tertiary/aromatic N) is 3. The van der Waals surface area contributed by atoms with Crippen LogP contribution in [0.1, 0.15) is 12.8 Å². The van der Waals surface area contributed by atoms with Crippen LogP contribution < -0.4 is 10.6 Å². The van der Waals surface area contributed by atoms with Gasteiger partial charge in [-0.2, -0.15) is 0 Å². The molecule has 0 unspecified atom stereocenters. The zero-order chi connectivity index (χ0) is 11.0. The Hall–Kier alpha value is -1.55. The van der Waals surface area contributed by atoms with E-state index in [9.17, 15) is 0 Å². The van der Waals surface area contributed by atoms with Crippen LogP contribution >= 0.6 is 0 Å². The summed E-state index contributed by atoms with van der Waals surface area (Å²) in [5.41, 5.74) is 7.01. The van der Waals surface area contributed by atoms with Crippen molar-refractivity contribution in [3.8, 4) is 0 Å². The maximum absolute atomic E-state index is 6.02. The number of imidazole rings is 1. The molecule has 2 aromatic rings. The molecule has 0 amide bonds. The van der Waals surface area contributed by atoms with Gasteiger partial charge in [-0.1, -0.05) is 6.07 Å². The van der Waals surface area contributed by atoms with E-state index in [4.69, 9.17) is 5.73 Å². The van der Waals surface area contributed by atoms with Crippen molar-refractivity contribution in [3.05, 3.63) is 30.6 Å². The quantitative estimate of drug-likeness (QED) is 0.780. The Labute approximate surface area is 94.7 Å². The van der Waals surface area contributed by atoms with Gasteiger partial charge in [0.2, 0.25) is 0 Å². The number of fused-ring (bicyclic) bond motifs is 1. The lowest BCUT2D eigenvalue weighted by Crippen LogP contribution is -2.43. The Balaban J connectivity index is 2.01. The van der Waals surface area contributed by atoms with Gasteiger partial charge in [0.25, 0.3) is 0 Å². The molecule has 3 heterocycles. The lowest BCUT2D eigenvalue weighted by Gasteiger charge is -2.32. The monoisotopic (exact) mass is 216 g/mol. The first kappa shape index (κ1) is 9.66. The van der Waals surface area contributed by atoms with Gasteiger partial charge in [0.15, 0.2) is 0 Å². The first-order valence-electron chi connectivity index (χ1n) is 5.77. The van der Waals surface area contributed by atoms with Gasteiger partial charge in [0.05, 0.1) is 0 Å². The molecule has 0 aliphatic carbocycles. The van der Waals surface area contributed by atoms with Gasteiger partial charge in [0, 0.05) is 31.5 Å². The van der Waals surface area contributed by atoms with Gasteiger partial charge in [-0.25, -0.2) is 4.98 Å². The number of nitrogens with two attached hydrogens (primary N) is 1. The number of aromatic nitrogens is 2. The number of hydrogen-bond donors (Lipinski definition) is 1. The third-order valence-electron chi connectivity index (χ3n) is 3.19. The summed E-state index contributed by atoms with van der Waals surface area (Å²) in [6.07, 6.45) is 6.15. The smallest absolute Gasteiger partial charge is 0.138 e. The molecule has 1 atom stereocenters. The molecular weight excluding hydrogens is 200 g/mol. The fraction of sp³-hybridized carbons (Fsp3) is 0.417. The number of pyridine rings is 1. The largest absolute Gasteiger partial charge is 0.356 e. The Morgan fingerprint density at radius 1 is 1.38 bits per heavy atom. The average Bonchev–Trinajstić information content (AvgIpc) is 2.76. The van der Waals surface area contributed by atoms with Crippen molar-refractivity contribution in [2.75, 3.05) is 18.0 Å². The van der Waals surface area contributed by atoms with Gasteiger partial charge in [-0.3, -0.25) is 4.40 Å². The zero-order valence-electron chi connectivity index (χ0n) is 9.21. The van der Waals surface area contributed by atoms with Crippen molar-refractivity contribution in [1.29, 1.82) is 0 Å². The summed E-state index contributed by atoms with van der Waals surface area (Å²) in [7, 11) is 0. The molecule has 0 aromatic carbocycles. The molecule has 4 heteroatoms. The van der Waals surface area contributed by atoms with Gasteiger partial charge in [-0.05, 0) is 25.0 Å². The summed E-state index contributed by atoms with van der Waals surface area (Å²) in [6.45, 7) is 2.03. The summed E-state index contributed by atoms with van der Waals surface area (Å²) >= 11 is 0. The molecule has 16 heavy (non-hydrogen) atoms. The van der Waals surface area contributed by atoms with E-state index in [1.807, 2.05) is 18.5 Å². The Morgan fingerprint density at radius 2 is 2.31 bits per heavy atom. The average molecular weight is 216 g/mol. The van der Waals surface area contributed by atoms with Crippen LogP contribution in [0.2, 0.25) is 0 Å². The van der Waals surface area contributed by atoms with E-state index >= 15 is 0 Å². The van der Waals surface area contributed by atoms with Gasteiger partial charge in [0.1, 0.15) is 11.5 Å². The Bertz CT molecular complexity index is 490. The van der Waals surface area contributed by atoms with Crippen molar-refractivity contribution in [1.82, 2.24) is 9.38 Å². The molecule has 1 fully saturated rings. The lowest BCUT2D eigenvalue weighted by atomic mass is 10.1. The van der Waals surface area contributed by atoms with E-state index in [0.29, 0.717) is 6.04 Å². The van der Waals surface area contributed by atoms with E-state index in [0.717, 1.165) is 25.2 Å². The van der Waals surface area contributed by atoms with Gasteiger partial charge < -0.3 is 10.6 Å². The molecule has 3 rings (SSSR count). The summed E-state index contributed by atoms with van der Waals surface area (Å²) in [6, 6.07) is 6.50. The fourth-order valence-electron chi connectivity index (χ4n) is 2.41. The van der Waals surface area contributed by atoms with E-state index in [2.05, 4.69) is 26.4 Å². The molecule has 2 aromatic heterocycles. The van der Waals surface area contributed by atoms with Crippen LogP contribution in [0.15, 0.2) is 30.6 Å². The minimum absolute atomic E-state index is 0.299. The highest BCUT2D eigenvalue weighted by Gasteiger charge is 2.18. The van der Waals surface area contributed by atoms with E-state index in [1.54, 1.807) is 0 Å². The highest BCUT2D eigenvalue weighted by atomic mass is 15.2. The fourth-order valence-corrected chi connectivity index (χ4v) is 2.41. The summed E-state index contributed by atoms with van der Waals surface area (Å²) in [5.74, 6) is 1.20. The SMILES string of the molecule is N[C@@H]1CCCN(c2cccc3nccn23)C1. The molecule has 4 nitrogen and oxygen atoms in total. The molecule has 0 spiro atoms. The van der Waals surface area contributed by atoms with E-state index < -0.39 is 0 Å².